The van der Waals surface area contributed by atoms with E-state index in [1.165, 1.54) is 0 Å². The van der Waals surface area contributed by atoms with Gasteiger partial charge in [0.05, 0.1) is 17.8 Å². The molecule has 0 bridgehead atoms. The molecule has 2 aromatic rings. The van der Waals surface area contributed by atoms with Crippen LogP contribution in [0.4, 0.5) is 0 Å². The first-order valence-electron chi connectivity index (χ1n) is 7.22. The Balaban J connectivity index is 2.00. The lowest BCUT2D eigenvalue weighted by Crippen LogP contribution is -2.46. The summed E-state index contributed by atoms with van der Waals surface area (Å²) in [5, 5.41) is 2.50. The first-order valence-corrected chi connectivity index (χ1v) is 7.22. The van der Waals surface area contributed by atoms with Crippen LogP contribution in [0.25, 0.3) is 11.1 Å². The molecule has 2 aromatic heterocycles. The van der Waals surface area contributed by atoms with Gasteiger partial charge in [0.15, 0.2) is 12.3 Å². The minimum Gasteiger partial charge on any atom is -0.463 e. The number of aromatic nitrogens is 1. The third-order valence-corrected chi connectivity index (χ3v) is 3.43. The topological polar surface area (TPSA) is 99.5 Å². The second-order valence-corrected chi connectivity index (χ2v) is 5.20. The first-order chi connectivity index (χ1) is 10.4. The summed E-state index contributed by atoms with van der Waals surface area (Å²) in [5.41, 5.74) is 8.08. The average molecular weight is 307 g/mol. The van der Waals surface area contributed by atoms with Crippen LogP contribution in [0.1, 0.15) is 26.5 Å². The van der Waals surface area contributed by atoms with Crippen molar-refractivity contribution < 1.29 is 18.7 Å². The van der Waals surface area contributed by atoms with E-state index in [9.17, 15) is 9.59 Å². The minimum atomic E-state index is -0.751. The molecule has 1 amide bonds. The molecule has 2 heterocycles. The fourth-order valence-electron chi connectivity index (χ4n) is 2.13. The summed E-state index contributed by atoms with van der Waals surface area (Å²) in [5.74, 6) is -0.904. The van der Waals surface area contributed by atoms with Gasteiger partial charge in [-0.3, -0.25) is 4.79 Å². The number of carbonyl (C=O) groups is 2. The number of nitrogens with one attached hydrogen (secondary N) is 1. The van der Waals surface area contributed by atoms with Gasteiger partial charge in [-0.25, -0.2) is 4.79 Å². The van der Waals surface area contributed by atoms with Crippen LogP contribution in [0.3, 0.4) is 0 Å². The van der Waals surface area contributed by atoms with E-state index in [2.05, 4.69) is 5.32 Å². The summed E-state index contributed by atoms with van der Waals surface area (Å²) < 4.78 is 12.5. The van der Waals surface area contributed by atoms with Gasteiger partial charge in [0.1, 0.15) is 6.04 Å². The maximum absolute atomic E-state index is 12.0. The Kier molecular flexibility index (Phi) is 4.87. The molecule has 0 aliphatic carbocycles. The second kappa shape index (κ2) is 6.65. The van der Waals surface area contributed by atoms with Crippen LogP contribution in [-0.4, -0.2) is 28.5 Å². The van der Waals surface area contributed by atoms with E-state index >= 15 is 0 Å². The molecule has 22 heavy (non-hydrogen) atoms. The van der Waals surface area contributed by atoms with Crippen LogP contribution >= 0.6 is 0 Å². The Bertz CT molecular complexity index is 671. The number of nitrogens with two attached hydrogens (primary N) is 1. The predicted octanol–water partition coefficient (Wildman–Crippen LogP) is 1.15. The van der Waals surface area contributed by atoms with Crippen molar-refractivity contribution in [2.75, 3.05) is 0 Å². The van der Waals surface area contributed by atoms with E-state index in [4.69, 9.17) is 14.9 Å². The van der Waals surface area contributed by atoms with Crippen molar-refractivity contribution in [3.63, 3.8) is 0 Å². The van der Waals surface area contributed by atoms with Crippen molar-refractivity contribution >= 4 is 23.0 Å². The Morgan fingerprint density at radius 1 is 1.45 bits per heavy atom. The fraction of sp³-hybridized carbons (Fsp3) is 0.467. The standard InChI is InChI=1S/C15H21N3O4/c1-4-11-7-13-12(5-6-21-13)18(11)8-22-15(20)10(3)17-14(19)9(2)16/h5-7,9-10H,4,8,16H2,1-3H3,(H,17,19)/t9-,10-/m0/s1. The van der Waals surface area contributed by atoms with Crippen LogP contribution in [0, 0.1) is 0 Å². The highest BCUT2D eigenvalue weighted by atomic mass is 16.5. The van der Waals surface area contributed by atoms with E-state index in [1.807, 2.05) is 23.6 Å². The Hall–Kier alpha value is -2.28. The monoisotopic (exact) mass is 307 g/mol. The molecule has 3 N–H and O–H groups in total. The molecule has 0 unspecified atom stereocenters. The van der Waals surface area contributed by atoms with Gasteiger partial charge < -0.3 is 24.8 Å². The smallest absolute Gasteiger partial charge is 0.330 e. The summed E-state index contributed by atoms with van der Waals surface area (Å²) in [7, 11) is 0. The van der Waals surface area contributed by atoms with Gasteiger partial charge in [-0.2, -0.15) is 0 Å². The highest BCUT2D eigenvalue weighted by molar-refractivity contribution is 5.86. The van der Waals surface area contributed by atoms with Crippen LogP contribution in [0.15, 0.2) is 22.8 Å². The number of rotatable bonds is 6. The molecule has 0 aromatic carbocycles. The van der Waals surface area contributed by atoms with Gasteiger partial charge in [0.25, 0.3) is 0 Å². The van der Waals surface area contributed by atoms with Crippen LogP contribution in [0.5, 0.6) is 0 Å². The molecule has 0 spiro atoms. The largest absolute Gasteiger partial charge is 0.463 e. The lowest BCUT2D eigenvalue weighted by atomic mass is 10.3. The number of esters is 1. The second-order valence-electron chi connectivity index (χ2n) is 5.20. The van der Waals surface area contributed by atoms with Crippen molar-refractivity contribution in [3.05, 3.63) is 24.1 Å². The highest BCUT2D eigenvalue weighted by Crippen LogP contribution is 2.21. The molecule has 7 heteroatoms. The van der Waals surface area contributed by atoms with E-state index in [0.717, 1.165) is 23.2 Å². The molecular weight excluding hydrogens is 286 g/mol. The SMILES string of the molecule is CCc1cc2occc2n1COC(=O)[C@H](C)NC(=O)[C@H](C)N. The van der Waals surface area contributed by atoms with Gasteiger partial charge in [-0.05, 0) is 20.3 Å². The van der Waals surface area contributed by atoms with E-state index in [0.29, 0.717) is 0 Å². The minimum absolute atomic E-state index is 0.0728. The average Bonchev–Trinajstić information content (AvgIpc) is 3.04. The third-order valence-electron chi connectivity index (χ3n) is 3.43. The van der Waals surface area contributed by atoms with Crippen molar-refractivity contribution in [2.45, 2.75) is 46.0 Å². The van der Waals surface area contributed by atoms with Gasteiger partial charge in [0, 0.05) is 17.8 Å². The Morgan fingerprint density at radius 3 is 2.82 bits per heavy atom. The summed E-state index contributed by atoms with van der Waals surface area (Å²) in [6.07, 6.45) is 2.38. The normalized spacial score (nSPS) is 13.8. The third kappa shape index (κ3) is 3.30. The zero-order valence-electron chi connectivity index (χ0n) is 13.0. The van der Waals surface area contributed by atoms with E-state index < -0.39 is 24.0 Å². The number of hydrogen-bond acceptors (Lipinski definition) is 5. The first kappa shape index (κ1) is 16.1. The predicted molar refractivity (Wildman–Crippen MR) is 80.9 cm³/mol. The summed E-state index contributed by atoms with van der Waals surface area (Å²) in [6, 6.07) is 2.32. The van der Waals surface area contributed by atoms with Gasteiger partial charge in [-0.1, -0.05) is 6.92 Å². The molecule has 120 valence electrons. The molecule has 0 aliphatic rings. The zero-order chi connectivity index (χ0) is 16.3. The highest BCUT2D eigenvalue weighted by Gasteiger charge is 2.19. The molecule has 0 aliphatic heterocycles. The molecule has 0 saturated carbocycles. The Morgan fingerprint density at radius 2 is 2.18 bits per heavy atom. The molecule has 0 radical (unpaired) electrons. The molecule has 0 fully saturated rings. The van der Waals surface area contributed by atoms with Crippen molar-refractivity contribution in [1.29, 1.82) is 0 Å². The van der Waals surface area contributed by atoms with Crippen molar-refractivity contribution in [2.24, 2.45) is 5.73 Å². The summed E-state index contributed by atoms with van der Waals surface area (Å²) in [6.45, 7) is 5.20. The number of amides is 1. The zero-order valence-corrected chi connectivity index (χ0v) is 13.0. The van der Waals surface area contributed by atoms with Gasteiger partial charge >= 0.3 is 5.97 Å². The van der Waals surface area contributed by atoms with Gasteiger partial charge in [-0.15, -0.1) is 0 Å². The fourth-order valence-corrected chi connectivity index (χ4v) is 2.13. The lowest BCUT2D eigenvalue weighted by Gasteiger charge is -2.16. The van der Waals surface area contributed by atoms with Crippen molar-refractivity contribution in [3.8, 4) is 0 Å². The van der Waals surface area contributed by atoms with E-state index in [-0.39, 0.29) is 6.73 Å². The molecular formula is C15H21N3O4. The van der Waals surface area contributed by atoms with Crippen LogP contribution < -0.4 is 11.1 Å². The van der Waals surface area contributed by atoms with E-state index in [1.54, 1.807) is 20.1 Å². The summed E-state index contributed by atoms with van der Waals surface area (Å²) >= 11 is 0. The molecule has 2 atom stereocenters. The number of ether oxygens (including phenoxy) is 1. The van der Waals surface area contributed by atoms with Crippen LogP contribution in [0.2, 0.25) is 0 Å². The lowest BCUT2D eigenvalue weighted by molar-refractivity contribution is -0.151. The van der Waals surface area contributed by atoms with Gasteiger partial charge in [0.2, 0.25) is 5.91 Å². The molecule has 0 saturated heterocycles. The summed E-state index contributed by atoms with van der Waals surface area (Å²) in [4.78, 5) is 23.4. The number of aryl methyl sites for hydroxylation is 1. The number of hydrogen-bond donors (Lipinski definition) is 2. The molecule has 2 rings (SSSR count). The molecule has 7 nitrogen and oxygen atoms in total. The quantitative estimate of drug-likeness (QED) is 0.780. The Labute approximate surface area is 128 Å². The maximum atomic E-state index is 12.0. The maximum Gasteiger partial charge on any atom is 0.330 e. The number of carbonyl (C=O) groups excluding carboxylic acids is 2. The van der Waals surface area contributed by atoms with Crippen molar-refractivity contribution in [1.82, 2.24) is 9.88 Å². The number of furan rings is 1. The number of fused-ring (bicyclic) bond motifs is 1. The number of nitrogens with zero attached hydrogens (tertiary/aromatic N) is 1. The van der Waals surface area contributed by atoms with Crippen LogP contribution in [-0.2, 0) is 27.5 Å².